The third-order valence-corrected chi connectivity index (χ3v) is 10.1. The van der Waals surface area contributed by atoms with Crippen LogP contribution in [0.4, 0.5) is 16.2 Å². The lowest BCUT2D eigenvalue weighted by Crippen LogP contribution is -2.48. The number of carbonyl (C=O) groups is 2. The van der Waals surface area contributed by atoms with Gasteiger partial charge in [0.05, 0.1) is 42.4 Å². The van der Waals surface area contributed by atoms with Crippen molar-refractivity contribution in [1.82, 2.24) is 15.0 Å². The summed E-state index contributed by atoms with van der Waals surface area (Å²) in [7, 11) is -0.849. The molecule has 15 heteroatoms. The molecule has 3 amide bonds. The number of hydrogen-bond acceptors (Lipinski definition) is 10. The number of nitrogens with one attached hydrogen (secondary N) is 2. The number of aliphatic hydroxyl groups excluding tert-OH is 1. The van der Waals surface area contributed by atoms with E-state index in [0.717, 1.165) is 12.8 Å². The minimum atomic E-state index is -4.01. The van der Waals surface area contributed by atoms with E-state index in [9.17, 15) is 23.1 Å². The molecule has 4 rings (SSSR count). The van der Waals surface area contributed by atoms with Crippen LogP contribution in [0, 0.1) is 19.8 Å². The van der Waals surface area contributed by atoms with E-state index >= 15 is 0 Å². The van der Waals surface area contributed by atoms with Gasteiger partial charge >= 0.3 is 6.03 Å². The molecule has 0 radical (unpaired) electrons. The number of ether oxygens (including phenoxy) is 3. The van der Waals surface area contributed by atoms with Crippen LogP contribution in [0.15, 0.2) is 51.9 Å². The lowest BCUT2D eigenvalue weighted by Gasteiger charge is -2.35. The first-order valence-electron chi connectivity index (χ1n) is 16.7. The summed E-state index contributed by atoms with van der Waals surface area (Å²) in [6.45, 7) is 9.54. The third kappa shape index (κ3) is 9.67. The van der Waals surface area contributed by atoms with Crippen molar-refractivity contribution >= 4 is 33.3 Å². The Hall–Kier alpha value is -4.34. The Kier molecular flexibility index (Phi) is 13.1. The van der Waals surface area contributed by atoms with E-state index in [1.807, 2.05) is 13.8 Å². The SMILES string of the molecule is COc1ccc(S(=O)(=O)Nc2ccc3c(c2)C(=O)N([C@@H](C)CO)C[C@H](C)[C@@H](CN(C)C(=O)Nc2c(C)noc2C)OCCCC[C@H](C)O3)cc1. The van der Waals surface area contributed by atoms with Crippen LogP contribution in [0.2, 0.25) is 0 Å². The second-order valence-corrected chi connectivity index (χ2v) is 14.5. The number of amides is 3. The average Bonchev–Trinajstić information content (AvgIpc) is 3.41. The minimum Gasteiger partial charge on any atom is -0.497 e. The van der Waals surface area contributed by atoms with Gasteiger partial charge in [-0.25, -0.2) is 13.2 Å². The summed E-state index contributed by atoms with van der Waals surface area (Å²) >= 11 is 0. The fraction of sp³-hybridized carbons (Fsp3) is 0.514. The monoisotopic (exact) mass is 715 g/mol. The summed E-state index contributed by atoms with van der Waals surface area (Å²) in [5.74, 6) is 0.572. The number of sulfonamides is 1. The summed E-state index contributed by atoms with van der Waals surface area (Å²) < 4.78 is 52.0. The topological polar surface area (TPSA) is 173 Å². The zero-order valence-electron chi connectivity index (χ0n) is 29.8. The Bertz CT molecular complexity index is 1690. The molecule has 1 aromatic heterocycles. The zero-order valence-corrected chi connectivity index (χ0v) is 30.6. The highest BCUT2D eigenvalue weighted by molar-refractivity contribution is 7.92. The van der Waals surface area contributed by atoms with E-state index in [0.29, 0.717) is 41.7 Å². The molecule has 0 fully saturated rings. The number of likely N-dealkylation sites (N-methyl/N-ethyl adjacent to an activating group) is 1. The summed E-state index contributed by atoms with van der Waals surface area (Å²) in [5.41, 5.74) is 1.39. The number of benzene rings is 2. The quantitative estimate of drug-likeness (QED) is 0.272. The van der Waals surface area contributed by atoms with Gasteiger partial charge in [-0.05, 0) is 89.4 Å². The van der Waals surface area contributed by atoms with Crippen LogP contribution in [0.25, 0.3) is 0 Å². The van der Waals surface area contributed by atoms with E-state index in [1.165, 1.54) is 35.1 Å². The Labute approximate surface area is 294 Å². The standard InChI is InChI=1S/C35H49N5O9S/c1-22-19-40(23(2)21-41)34(42)30-18-27(38-50(44,45)29-14-12-28(46-7)13-15-29)11-16-31(30)48-24(3)10-8-9-17-47-32(22)20-39(6)35(43)36-33-25(4)37-49-26(33)5/h11-16,18,22-24,32,38,41H,8-10,17,19-21H2,1-7H3,(H,36,43)/t22-,23-,24-,32+/m0/s1. The number of aliphatic hydroxyl groups is 1. The van der Waals surface area contributed by atoms with Crippen molar-refractivity contribution in [1.29, 1.82) is 0 Å². The van der Waals surface area contributed by atoms with Crippen LogP contribution >= 0.6 is 0 Å². The van der Waals surface area contributed by atoms with Crippen molar-refractivity contribution in [3.05, 3.63) is 59.5 Å². The molecule has 4 atom stereocenters. The molecule has 0 spiro atoms. The molecule has 0 bridgehead atoms. The predicted octanol–water partition coefficient (Wildman–Crippen LogP) is 5.06. The number of hydrogen-bond donors (Lipinski definition) is 3. The summed E-state index contributed by atoms with van der Waals surface area (Å²) in [5, 5.41) is 17.0. The number of carbonyl (C=O) groups excluding carboxylic acids is 2. The maximum Gasteiger partial charge on any atom is 0.321 e. The molecular weight excluding hydrogens is 666 g/mol. The van der Waals surface area contributed by atoms with Crippen molar-refractivity contribution in [2.45, 2.75) is 77.0 Å². The number of anilines is 2. The predicted molar refractivity (Wildman–Crippen MR) is 188 cm³/mol. The van der Waals surface area contributed by atoms with Gasteiger partial charge in [-0.15, -0.1) is 0 Å². The van der Waals surface area contributed by atoms with E-state index in [1.54, 1.807) is 52.1 Å². The van der Waals surface area contributed by atoms with Crippen LogP contribution < -0.4 is 19.5 Å². The Morgan fingerprint density at radius 3 is 2.52 bits per heavy atom. The number of urea groups is 1. The van der Waals surface area contributed by atoms with Gasteiger partial charge in [0.2, 0.25) is 0 Å². The maximum absolute atomic E-state index is 14.4. The first-order chi connectivity index (χ1) is 23.7. The summed E-state index contributed by atoms with van der Waals surface area (Å²) in [6, 6.07) is 9.58. The molecule has 50 heavy (non-hydrogen) atoms. The average molecular weight is 716 g/mol. The lowest BCUT2D eigenvalue weighted by molar-refractivity contribution is -0.0115. The Morgan fingerprint density at radius 1 is 1.16 bits per heavy atom. The van der Waals surface area contributed by atoms with E-state index in [4.69, 9.17) is 18.7 Å². The van der Waals surface area contributed by atoms with Crippen molar-refractivity contribution in [2.24, 2.45) is 5.92 Å². The molecule has 1 aliphatic rings. The van der Waals surface area contributed by atoms with Gasteiger partial charge in [-0.2, -0.15) is 0 Å². The summed E-state index contributed by atoms with van der Waals surface area (Å²) in [4.78, 5) is 30.7. The zero-order chi connectivity index (χ0) is 36.6. The molecule has 2 heterocycles. The number of aryl methyl sites for hydroxylation is 2. The van der Waals surface area contributed by atoms with Gasteiger partial charge in [-0.3, -0.25) is 9.52 Å². The summed E-state index contributed by atoms with van der Waals surface area (Å²) in [6.07, 6.45) is 1.50. The lowest BCUT2D eigenvalue weighted by atomic mass is 10.0. The van der Waals surface area contributed by atoms with Crippen molar-refractivity contribution in [2.75, 3.05) is 50.5 Å². The minimum absolute atomic E-state index is 0.0235. The van der Waals surface area contributed by atoms with Crippen molar-refractivity contribution in [3.63, 3.8) is 0 Å². The fourth-order valence-corrected chi connectivity index (χ4v) is 6.68. The number of fused-ring (bicyclic) bond motifs is 1. The van der Waals surface area contributed by atoms with Gasteiger partial charge in [0.25, 0.3) is 15.9 Å². The molecule has 0 aliphatic carbocycles. The second kappa shape index (κ2) is 17.1. The van der Waals surface area contributed by atoms with Crippen LogP contribution in [-0.4, -0.2) is 99.1 Å². The molecule has 1 aliphatic heterocycles. The maximum atomic E-state index is 14.4. The molecule has 3 aromatic rings. The molecule has 2 aromatic carbocycles. The second-order valence-electron chi connectivity index (χ2n) is 12.8. The Morgan fingerprint density at radius 2 is 1.88 bits per heavy atom. The smallest absolute Gasteiger partial charge is 0.321 e. The van der Waals surface area contributed by atoms with Gasteiger partial charge in [0.15, 0.2) is 5.76 Å². The number of nitrogens with zero attached hydrogens (tertiary/aromatic N) is 3. The highest BCUT2D eigenvalue weighted by Gasteiger charge is 2.31. The number of rotatable bonds is 9. The van der Waals surface area contributed by atoms with Gasteiger partial charge in [0.1, 0.15) is 22.9 Å². The van der Waals surface area contributed by atoms with Crippen LogP contribution in [0.5, 0.6) is 11.5 Å². The first kappa shape index (κ1) is 38.5. The van der Waals surface area contributed by atoms with Crippen LogP contribution in [0.3, 0.4) is 0 Å². The van der Waals surface area contributed by atoms with Gasteiger partial charge in [0, 0.05) is 38.3 Å². The van der Waals surface area contributed by atoms with E-state index in [2.05, 4.69) is 15.2 Å². The highest BCUT2D eigenvalue weighted by atomic mass is 32.2. The molecule has 0 unspecified atom stereocenters. The molecule has 3 N–H and O–H groups in total. The Balaban J connectivity index is 1.63. The normalized spacial score (nSPS) is 19.8. The van der Waals surface area contributed by atoms with Gasteiger partial charge < -0.3 is 39.0 Å². The first-order valence-corrected chi connectivity index (χ1v) is 18.2. The molecule has 274 valence electrons. The van der Waals surface area contributed by atoms with Crippen molar-refractivity contribution < 1.29 is 41.8 Å². The molecule has 0 saturated carbocycles. The van der Waals surface area contributed by atoms with E-state index in [-0.39, 0.29) is 53.9 Å². The number of methoxy groups -OCH3 is 1. The highest BCUT2D eigenvalue weighted by Crippen LogP contribution is 2.30. The third-order valence-electron chi connectivity index (χ3n) is 8.74. The van der Waals surface area contributed by atoms with E-state index < -0.39 is 28.1 Å². The molecular formula is C35H49N5O9S. The number of aromatic nitrogens is 1. The van der Waals surface area contributed by atoms with Crippen LogP contribution in [-0.2, 0) is 14.8 Å². The molecule has 14 nitrogen and oxygen atoms in total. The van der Waals surface area contributed by atoms with Crippen LogP contribution in [0.1, 0.15) is 61.8 Å². The van der Waals surface area contributed by atoms with Gasteiger partial charge in [-0.1, -0.05) is 12.1 Å². The largest absolute Gasteiger partial charge is 0.497 e. The fourth-order valence-electron chi connectivity index (χ4n) is 5.63. The van der Waals surface area contributed by atoms with Crippen molar-refractivity contribution in [3.8, 4) is 11.5 Å². The molecule has 0 saturated heterocycles.